The third kappa shape index (κ3) is 3.53. The zero-order valence-corrected chi connectivity index (χ0v) is 10.7. The van der Waals surface area contributed by atoms with Crippen LogP contribution < -0.4 is 5.32 Å². The summed E-state index contributed by atoms with van der Waals surface area (Å²) in [5, 5.41) is 7.03. The van der Waals surface area contributed by atoms with Crippen molar-refractivity contribution in [3.63, 3.8) is 0 Å². The van der Waals surface area contributed by atoms with Gasteiger partial charge in [-0.25, -0.2) is 4.39 Å². The molecule has 2 aromatic rings. The summed E-state index contributed by atoms with van der Waals surface area (Å²) in [6.45, 7) is 0.791. The highest BCUT2D eigenvalue weighted by atomic mass is 35.5. The van der Waals surface area contributed by atoms with Crippen LogP contribution in [0.2, 0.25) is 5.02 Å². The maximum atomic E-state index is 13.6. The molecule has 0 radical (unpaired) electrons. The standard InChI is InChI=1S/C13H11ClFN3O/c1-2-6-16-8-13-17-12(18-19-13)7-9-10(14)4-3-5-11(9)15/h1,3-5,16H,6-8H2. The van der Waals surface area contributed by atoms with Crippen molar-refractivity contribution in [1.29, 1.82) is 0 Å². The van der Waals surface area contributed by atoms with Gasteiger partial charge in [0.05, 0.1) is 13.1 Å². The molecular weight excluding hydrogens is 269 g/mol. The van der Waals surface area contributed by atoms with Gasteiger partial charge in [0, 0.05) is 17.0 Å². The molecule has 1 aromatic heterocycles. The molecule has 0 spiro atoms. The summed E-state index contributed by atoms with van der Waals surface area (Å²) in [4.78, 5) is 4.13. The first-order chi connectivity index (χ1) is 9.20. The number of nitrogens with one attached hydrogen (secondary N) is 1. The van der Waals surface area contributed by atoms with E-state index in [1.807, 2.05) is 0 Å². The minimum atomic E-state index is -0.385. The number of rotatable bonds is 5. The lowest BCUT2D eigenvalue weighted by molar-refractivity contribution is 0.366. The number of hydrogen-bond donors (Lipinski definition) is 1. The van der Waals surface area contributed by atoms with Crippen molar-refractivity contribution in [1.82, 2.24) is 15.5 Å². The molecule has 1 heterocycles. The van der Waals surface area contributed by atoms with Gasteiger partial charge in [-0.05, 0) is 12.1 Å². The second kappa shape index (κ2) is 6.32. The van der Waals surface area contributed by atoms with E-state index in [-0.39, 0.29) is 12.2 Å². The number of hydrogen-bond acceptors (Lipinski definition) is 4. The molecule has 1 aromatic carbocycles. The Morgan fingerprint density at radius 2 is 2.32 bits per heavy atom. The fourth-order valence-electron chi connectivity index (χ4n) is 1.53. The van der Waals surface area contributed by atoms with E-state index in [1.54, 1.807) is 12.1 Å². The van der Waals surface area contributed by atoms with Crippen LogP contribution in [0.4, 0.5) is 4.39 Å². The number of benzene rings is 1. The summed E-state index contributed by atoms with van der Waals surface area (Å²) >= 11 is 5.93. The van der Waals surface area contributed by atoms with Crippen LogP contribution in [-0.4, -0.2) is 16.7 Å². The molecule has 0 aliphatic rings. The Morgan fingerprint density at radius 3 is 3.05 bits per heavy atom. The van der Waals surface area contributed by atoms with E-state index >= 15 is 0 Å². The summed E-state index contributed by atoms with van der Waals surface area (Å²) in [7, 11) is 0. The van der Waals surface area contributed by atoms with Gasteiger partial charge in [0.15, 0.2) is 5.82 Å². The van der Waals surface area contributed by atoms with E-state index in [1.165, 1.54) is 6.07 Å². The normalized spacial score (nSPS) is 10.4. The number of terminal acetylenes is 1. The highest BCUT2D eigenvalue weighted by Gasteiger charge is 2.12. The van der Waals surface area contributed by atoms with E-state index in [0.29, 0.717) is 35.4 Å². The smallest absolute Gasteiger partial charge is 0.240 e. The molecule has 0 aliphatic carbocycles. The molecule has 0 bridgehead atoms. The largest absolute Gasteiger partial charge is 0.338 e. The molecular formula is C13H11ClFN3O. The molecule has 0 saturated carbocycles. The Labute approximate surface area is 115 Å². The third-order valence-electron chi connectivity index (χ3n) is 2.41. The molecule has 0 atom stereocenters. The van der Waals surface area contributed by atoms with Gasteiger partial charge in [0.2, 0.25) is 5.89 Å². The van der Waals surface area contributed by atoms with Crippen molar-refractivity contribution >= 4 is 11.6 Å². The Morgan fingerprint density at radius 1 is 1.47 bits per heavy atom. The van der Waals surface area contributed by atoms with E-state index in [2.05, 4.69) is 21.4 Å². The number of halogens is 2. The summed E-state index contributed by atoms with van der Waals surface area (Å²) in [5.74, 6) is 2.83. The minimum Gasteiger partial charge on any atom is -0.338 e. The maximum absolute atomic E-state index is 13.6. The number of aromatic nitrogens is 2. The topological polar surface area (TPSA) is 51.0 Å². The third-order valence-corrected chi connectivity index (χ3v) is 2.76. The van der Waals surface area contributed by atoms with E-state index in [4.69, 9.17) is 22.5 Å². The van der Waals surface area contributed by atoms with Crippen LogP contribution in [0.3, 0.4) is 0 Å². The first-order valence-electron chi connectivity index (χ1n) is 5.59. The van der Waals surface area contributed by atoms with Crippen LogP contribution in [-0.2, 0) is 13.0 Å². The second-order valence-electron chi connectivity index (χ2n) is 3.79. The van der Waals surface area contributed by atoms with Crippen LogP contribution in [0, 0.1) is 18.2 Å². The highest BCUT2D eigenvalue weighted by Crippen LogP contribution is 2.21. The van der Waals surface area contributed by atoms with Crippen molar-refractivity contribution in [3.05, 3.63) is 46.3 Å². The van der Waals surface area contributed by atoms with Crippen molar-refractivity contribution < 1.29 is 8.91 Å². The van der Waals surface area contributed by atoms with Crippen LogP contribution in [0.1, 0.15) is 17.3 Å². The van der Waals surface area contributed by atoms with Gasteiger partial charge in [-0.3, -0.25) is 5.32 Å². The lowest BCUT2D eigenvalue weighted by atomic mass is 10.1. The van der Waals surface area contributed by atoms with Gasteiger partial charge in [0.25, 0.3) is 0 Å². The molecule has 98 valence electrons. The van der Waals surface area contributed by atoms with Crippen molar-refractivity contribution in [3.8, 4) is 12.3 Å². The Kier molecular flexibility index (Phi) is 4.50. The first kappa shape index (κ1) is 13.5. The average molecular weight is 280 g/mol. The van der Waals surface area contributed by atoms with Gasteiger partial charge in [-0.15, -0.1) is 6.42 Å². The Balaban J connectivity index is 2.06. The lowest BCUT2D eigenvalue weighted by Gasteiger charge is -2.01. The van der Waals surface area contributed by atoms with Gasteiger partial charge in [-0.1, -0.05) is 28.7 Å². The molecule has 0 fully saturated rings. The van der Waals surface area contributed by atoms with E-state index < -0.39 is 0 Å². The Bertz CT molecular complexity index is 586. The predicted octanol–water partition coefficient (Wildman–Crippen LogP) is 2.18. The maximum Gasteiger partial charge on any atom is 0.240 e. The van der Waals surface area contributed by atoms with E-state index in [9.17, 15) is 4.39 Å². The molecule has 0 aliphatic heterocycles. The van der Waals surface area contributed by atoms with Crippen molar-refractivity contribution in [2.24, 2.45) is 0 Å². The first-order valence-corrected chi connectivity index (χ1v) is 5.97. The highest BCUT2D eigenvalue weighted by molar-refractivity contribution is 6.31. The average Bonchev–Trinajstić information content (AvgIpc) is 2.82. The van der Waals surface area contributed by atoms with Gasteiger partial charge >= 0.3 is 0 Å². The quantitative estimate of drug-likeness (QED) is 0.673. The van der Waals surface area contributed by atoms with Crippen LogP contribution >= 0.6 is 11.6 Å². The summed E-state index contributed by atoms with van der Waals surface area (Å²) < 4.78 is 18.6. The van der Waals surface area contributed by atoms with Crippen LogP contribution in [0.15, 0.2) is 22.7 Å². The van der Waals surface area contributed by atoms with Crippen LogP contribution in [0.25, 0.3) is 0 Å². The second-order valence-corrected chi connectivity index (χ2v) is 4.20. The van der Waals surface area contributed by atoms with Gasteiger partial charge in [-0.2, -0.15) is 4.98 Å². The molecule has 4 nitrogen and oxygen atoms in total. The van der Waals surface area contributed by atoms with Crippen molar-refractivity contribution in [2.45, 2.75) is 13.0 Å². The van der Waals surface area contributed by atoms with E-state index in [0.717, 1.165) is 0 Å². The molecule has 6 heteroatoms. The molecule has 0 unspecified atom stereocenters. The van der Waals surface area contributed by atoms with Crippen LogP contribution in [0.5, 0.6) is 0 Å². The molecule has 19 heavy (non-hydrogen) atoms. The zero-order valence-electron chi connectivity index (χ0n) is 9.99. The molecule has 2 rings (SSSR count). The zero-order chi connectivity index (χ0) is 13.7. The molecule has 0 amide bonds. The molecule has 0 saturated heterocycles. The van der Waals surface area contributed by atoms with Gasteiger partial charge < -0.3 is 4.52 Å². The Hall–Kier alpha value is -1.90. The SMILES string of the molecule is C#CCNCc1nc(Cc2c(F)cccc2Cl)no1. The lowest BCUT2D eigenvalue weighted by Crippen LogP contribution is -2.13. The van der Waals surface area contributed by atoms with Gasteiger partial charge in [0.1, 0.15) is 5.82 Å². The number of nitrogens with zero attached hydrogens (tertiary/aromatic N) is 2. The molecule has 1 N–H and O–H groups in total. The minimum absolute atomic E-state index is 0.185. The predicted molar refractivity (Wildman–Crippen MR) is 69.1 cm³/mol. The summed E-state index contributed by atoms with van der Waals surface area (Å²) in [5.41, 5.74) is 0.355. The fourth-order valence-corrected chi connectivity index (χ4v) is 1.76. The van der Waals surface area contributed by atoms with Crippen molar-refractivity contribution in [2.75, 3.05) is 6.54 Å². The monoisotopic (exact) mass is 279 g/mol. The summed E-state index contributed by atoms with van der Waals surface area (Å²) in [6.07, 6.45) is 5.28. The summed E-state index contributed by atoms with van der Waals surface area (Å²) in [6, 6.07) is 4.51. The fraction of sp³-hybridized carbons (Fsp3) is 0.231.